The van der Waals surface area contributed by atoms with Gasteiger partial charge in [-0.25, -0.2) is 0 Å². The molecule has 2 heteroatoms. The molecule has 1 rings (SSSR count). The minimum atomic E-state index is 0.418. The molecule has 1 saturated heterocycles. The Labute approximate surface area is 68.9 Å². The number of epoxide rings is 1. The molecule has 0 N–H and O–H groups in total. The first-order valence-corrected chi connectivity index (χ1v) is 4.61. The molecule has 11 heavy (non-hydrogen) atoms. The topological polar surface area (TPSA) is 21.8 Å². The van der Waals surface area contributed by atoms with Gasteiger partial charge in [0.25, 0.3) is 0 Å². The van der Waals surface area contributed by atoms with E-state index in [9.17, 15) is 0 Å². The van der Waals surface area contributed by atoms with Crippen LogP contribution >= 0.6 is 0 Å². The van der Waals surface area contributed by atoms with Crippen molar-refractivity contribution in [2.24, 2.45) is 0 Å². The summed E-state index contributed by atoms with van der Waals surface area (Å²) in [5, 5.41) is 0. The first-order valence-electron chi connectivity index (χ1n) is 4.61. The van der Waals surface area contributed by atoms with Crippen molar-refractivity contribution >= 4 is 0 Å². The summed E-state index contributed by atoms with van der Waals surface area (Å²) in [5.41, 5.74) is 0. The zero-order valence-corrected chi connectivity index (χ0v) is 7.51. The van der Waals surface area contributed by atoms with E-state index in [4.69, 9.17) is 9.47 Å². The van der Waals surface area contributed by atoms with Crippen LogP contribution < -0.4 is 0 Å². The van der Waals surface area contributed by atoms with Crippen LogP contribution in [0.1, 0.15) is 33.1 Å². The Morgan fingerprint density at radius 3 is 2.64 bits per heavy atom. The van der Waals surface area contributed by atoms with Crippen LogP contribution in [0.3, 0.4) is 0 Å². The largest absolute Gasteiger partial charge is 0.379 e. The molecule has 1 aliphatic rings. The molecule has 1 aliphatic heterocycles. The van der Waals surface area contributed by atoms with Gasteiger partial charge in [0.2, 0.25) is 0 Å². The summed E-state index contributed by atoms with van der Waals surface area (Å²) in [5.74, 6) is 0. The van der Waals surface area contributed by atoms with E-state index in [1.165, 1.54) is 12.8 Å². The van der Waals surface area contributed by atoms with Gasteiger partial charge < -0.3 is 9.47 Å². The van der Waals surface area contributed by atoms with Gasteiger partial charge in [-0.05, 0) is 12.8 Å². The van der Waals surface area contributed by atoms with E-state index >= 15 is 0 Å². The molecule has 0 amide bonds. The van der Waals surface area contributed by atoms with E-state index in [0.29, 0.717) is 12.2 Å². The SMILES string of the molecule is CCCOCC1OC1CCC. The molecular formula is C9H18O2. The molecule has 0 aliphatic carbocycles. The van der Waals surface area contributed by atoms with Crippen LogP contribution in [0.5, 0.6) is 0 Å². The smallest absolute Gasteiger partial charge is 0.107 e. The van der Waals surface area contributed by atoms with E-state index in [1.54, 1.807) is 0 Å². The van der Waals surface area contributed by atoms with Crippen LogP contribution in [-0.4, -0.2) is 25.4 Å². The van der Waals surface area contributed by atoms with Crippen molar-refractivity contribution in [3.8, 4) is 0 Å². The Hall–Kier alpha value is -0.0800. The van der Waals surface area contributed by atoms with Gasteiger partial charge in [-0.2, -0.15) is 0 Å². The fraction of sp³-hybridized carbons (Fsp3) is 1.00. The maximum Gasteiger partial charge on any atom is 0.107 e. The highest BCUT2D eigenvalue weighted by molar-refractivity contribution is 4.83. The Bertz CT molecular complexity index is 104. The average molecular weight is 158 g/mol. The molecule has 0 aromatic carbocycles. The minimum absolute atomic E-state index is 0.418. The monoisotopic (exact) mass is 158 g/mol. The van der Waals surface area contributed by atoms with E-state index in [-0.39, 0.29) is 0 Å². The fourth-order valence-electron chi connectivity index (χ4n) is 1.21. The molecule has 2 atom stereocenters. The Balaban J connectivity index is 1.87. The molecular weight excluding hydrogens is 140 g/mol. The predicted molar refractivity (Wildman–Crippen MR) is 44.7 cm³/mol. The van der Waals surface area contributed by atoms with Crippen molar-refractivity contribution in [2.75, 3.05) is 13.2 Å². The lowest BCUT2D eigenvalue weighted by Gasteiger charge is -1.97. The normalized spacial score (nSPS) is 28.9. The Morgan fingerprint density at radius 1 is 1.18 bits per heavy atom. The van der Waals surface area contributed by atoms with Crippen LogP contribution in [0.25, 0.3) is 0 Å². The molecule has 0 radical (unpaired) electrons. The van der Waals surface area contributed by atoms with E-state index < -0.39 is 0 Å². The van der Waals surface area contributed by atoms with Crippen molar-refractivity contribution in [1.29, 1.82) is 0 Å². The number of hydrogen-bond donors (Lipinski definition) is 0. The van der Waals surface area contributed by atoms with Gasteiger partial charge in [-0.1, -0.05) is 20.3 Å². The molecule has 2 unspecified atom stereocenters. The summed E-state index contributed by atoms with van der Waals surface area (Å²) in [7, 11) is 0. The molecule has 0 spiro atoms. The second-order valence-electron chi connectivity index (χ2n) is 3.08. The minimum Gasteiger partial charge on any atom is -0.379 e. The van der Waals surface area contributed by atoms with Crippen molar-refractivity contribution in [2.45, 2.75) is 45.3 Å². The second-order valence-corrected chi connectivity index (χ2v) is 3.08. The first-order chi connectivity index (χ1) is 5.38. The molecule has 0 saturated carbocycles. The lowest BCUT2D eigenvalue weighted by molar-refractivity contribution is 0.117. The summed E-state index contributed by atoms with van der Waals surface area (Å²) in [6, 6.07) is 0. The second kappa shape index (κ2) is 4.73. The molecule has 2 nitrogen and oxygen atoms in total. The van der Waals surface area contributed by atoms with Crippen LogP contribution in [0, 0.1) is 0 Å². The van der Waals surface area contributed by atoms with Crippen LogP contribution in [0.15, 0.2) is 0 Å². The highest BCUT2D eigenvalue weighted by Gasteiger charge is 2.37. The van der Waals surface area contributed by atoms with Crippen molar-refractivity contribution < 1.29 is 9.47 Å². The lowest BCUT2D eigenvalue weighted by atomic mass is 10.2. The molecule has 1 heterocycles. The highest BCUT2D eigenvalue weighted by atomic mass is 16.6. The van der Waals surface area contributed by atoms with Crippen LogP contribution in [-0.2, 0) is 9.47 Å². The third-order valence-electron chi connectivity index (χ3n) is 1.89. The Morgan fingerprint density at radius 2 is 2.00 bits per heavy atom. The summed E-state index contributed by atoms with van der Waals surface area (Å²) in [6.07, 6.45) is 4.44. The van der Waals surface area contributed by atoms with Crippen LogP contribution in [0.2, 0.25) is 0 Å². The third-order valence-corrected chi connectivity index (χ3v) is 1.89. The van der Waals surface area contributed by atoms with Gasteiger partial charge in [0, 0.05) is 6.61 Å². The zero-order valence-electron chi connectivity index (χ0n) is 7.51. The third kappa shape index (κ3) is 3.21. The predicted octanol–water partition coefficient (Wildman–Crippen LogP) is 1.98. The molecule has 0 aromatic rings. The van der Waals surface area contributed by atoms with E-state index in [1.807, 2.05) is 0 Å². The maximum atomic E-state index is 5.38. The van der Waals surface area contributed by atoms with Gasteiger partial charge in [0.15, 0.2) is 0 Å². The Kier molecular flexibility index (Phi) is 3.87. The van der Waals surface area contributed by atoms with Crippen molar-refractivity contribution in [3.05, 3.63) is 0 Å². The maximum absolute atomic E-state index is 5.38. The number of ether oxygens (including phenoxy) is 2. The standard InChI is InChI=1S/C9H18O2/c1-3-5-8-9(11-8)7-10-6-4-2/h8-9H,3-7H2,1-2H3. The van der Waals surface area contributed by atoms with Crippen LogP contribution in [0.4, 0.5) is 0 Å². The van der Waals surface area contributed by atoms with Gasteiger partial charge in [-0.15, -0.1) is 0 Å². The quantitative estimate of drug-likeness (QED) is 0.435. The lowest BCUT2D eigenvalue weighted by Crippen LogP contribution is -2.05. The molecule has 0 aromatic heterocycles. The van der Waals surface area contributed by atoms with Gasteiger partial charge in [-0.3, -0.25) is 0 Å². The van der Waals surface area contributed by atoms with Gasteiger partial charge in [0.1, 0.15) is 6.10 Å². The molecule has 1 fully saturated rings. The van der Waals surface area contributed by atoms with Gasteiger partial charge in [0.05, 0.1) is 12.7 Å². The zero-order chi connectivity index (χ0) is 8.10. The average Bonchev–Trinajstić information content (AvgIpc) is 2.70. The fourth-order valence-corrected chi connectivity index (χ4v) is 1.21. The molecule has 0 bridgehead atoms. The van der Waals surface area contributed by atoms with E-state index in [0.717, 1.165) is 19.6 Å². The molecule has 66 valence electrons. The summed E-state index contributed by atoms with van der Waals surface area (Å²) in [6.45, 7) is 5.99. The number of hydrogen-bond acceptors (Lipinski definition) is 2. The van der Waals surface area contributed by atoms with Gasteiger partial charge >= 0.3 is 0 Å². The van der Waals surface area contributed by atoms with Crippen molar-refractivity contribution in [1.82, 2.24) is 0 Å². The summed E-state index contributed by atoms with van der Waals surface area (Å²) < 4.78 is 10.7. The first kappa shape index (κ1) is 9.01. The van der Waals surface area contributed by atoms with Crippen molar-refractivity contribution in [3.63, 3.8) is 0 Å². The highest BCUT2D eigenvalue weighted by Crippen LogP contribution is 2.26. The van der Waals surface area contributed by atoms with E-state index in [2.05, 4.69) is 13.8 Å². The summed E-state index contributed by atoms with van der Waals surface area (Å²) >= 11 is 0. The summed E-state index contributed by atoms with van der Waals surface area (Å²) in [4.78, 5) is 0. The number of rotatable bonds is 6.